The zero-order valence-corrected chi connectivity index (χ0v) is 12.5. The summed E-state index contributed by atoms with van der Waals surface area (Å²) in [5.74, 6) is 0.538. The Balaban J connectivity index is 2.19. The molecule has 0 aliphatic rings. The van der Waals surface area contributed by atoms with Crippen molar-refractivity contribution in [3.05, 3.63) is 57.0 Å². The molecular weight excluding hydrogens is 299 g/mol. The van der Waals surface area contributed by atoms with Gasteiger partial charge in [0.25, 0.3) is 0 Å². The summed E-state index contributed by atoms with van der Waals surface area (Å²) in [5.41, 5.74) is 0.725. The molecule has 0 fully saturated rings. The maximum atomic E-state index is 12.1. The van der Waals surface area contributed by atoms with E-state index in [2.05, 4.69) is 0 Å². The lowest BCUT2D eigenvalue weighted by Gasteiger charge is -2.03. The number of carbonyl (C=O) groups excluding carboxylic acids is 2. The van der Waals surface area contributed by atoms with Gasteiger partial charge in [0.15, 0.2) is 11.6 Å². The molecule has 0 radical (unpaired) electrons. The SMILES string of the molecule is Cc1cc(C(=O)CC(=O)c2ccc(Cl)cc2Cl)c(C)o1. The van der Waals surface area contributed by atoms with E-state index in [0.29, 0.717) is 27.7 Å². The predicted octanol–water partition coefficient (Wildman–Crippen LogP) is 4.66. The highest BCUT2D eigenvalue weighted by Gasteiger charge is 2.19. The summed E-state index contributed by atoms with van der Waals surface area (Å²) in [5, 5.41) is 0.689. The van der Waals surface area contributed by atoms with Crippen molar-refractivity contribution < 1.29 is 14.0 Å². The number of hydrogen-bond donors (Lipinski definition) is 0. The van der Waals surface area contributed by atoms with E-state index in [1.54, 1.807) is 26.0 Å². The van der Waals surface area contributed by atoms with E-state index in [1.165, 1.54) is 12.1 Å². The highest BCUT2D eigenvalue weighted by atomic mass is 35.5. The topological polar surface area (TPSA) is 47.3 Å². The second-order valence-corrected chi connectivity index (χ2v) is 5.32. The van der Waals surface area contributed by atoms with Crippen LogP contribution in [0.1, 0.15) is 38.7 Å². The summed E-state index contributed by atoms with van der Waals surface area (Å²) in [6, 6.07) is 6.20. The van der Waals surface area contributed by atoms with Crippen molar-refractivity contribution in [3.8, 4) is 0 Å². The number of ketones is 2. The molecule has 3 nitrogen and oxygen atoms in total. The van der Waals surface area contributed by atoms with E-state index in [4.69, 9.17) is 27.6 Å². The minimum atomic E-state index is -0.338. The Morgan fingerprint density at radius 3 is 2.25 bits per heavy atom. The van der Waals surface area contributed by atoms with Crippen LogP contribution in [0.2, 0.25) is 10.0 Å². The lowest BCUT2D eigenvalue weighted by molar-refractivity contribution is 0.0893. The van der Waals surface area contributed by atoms with Crippen LogP contribution in [0.25, 0.3) is 0 Å². The fraction of sp³-hybridized carbons (Fsp3) is 0.200. The van der Waals surface area contributed by atoms with Gasteiger partial charge < -0.3 is 4.42 Å². The highest BCUT2D eigenvalue weighted by Crippen LogP contribution is 2.23. The molecule has 1 aromatic heterocycles. The summed E-state index contributed by atoms with van der Waals surface area (Å²) in [6.45, 7) is 3.45. The summed E-state index contributed by atoms with van der Waals surface area (Å²) in [7, 11) is 0. The molecule has 20 heavy (non-hydrogen) atoms. The van der Waals surface area contributed by atoms with Crippen molar-refractivity contribution in [2.24, 2.45) is 0 Å². The van der Waals surface area contributed by atoms with Crippen molar-refractivity contribution in [2.75, 3.05) is 0 Å². The zero-order chi connectivity index (χ0) is 14.9. The molecule has 0 amide bonds. The van der Waals surface area contributed by atoms with Gasteiger partial charge >= 0.3 is 0 Å². The Bertz CT molecular complexity index is 686. The van der Waals surface area contributed by atoms with Crippen molar-refractivity contribution in [1.29, 1.82) is 0 Å². The number of aryl methyl sites for hydroxylation is 2. The summed E-state index contributed by atoms with van der Waals surface area (Å²) >= 11 is 11.7. The molecule has 0 saturated heterocycles. The first-order chi connectivity index (χ1) is 9.38. The minimum absolute atomic E-state index is 0.246. The van der Waals surface area contributed by atoms with Gasteiger partial charge in [-0.2, -0.15) is 0 Å². The maximum absolute atomic E-state index is 12.1. The van der Waals surface area contributed by atoms with E-state index < -0.39 is 0 Å². The smallest absolute Gasteiger partial charge is 0.174 e. The van der Waals surface area contributed by atoms with Gasteiger partial charge in [-0.15, -0.1) is 0 Å². The molecule has 0 unspecified atom stereocenters. The first-order valence-corrected chi connectivity index (χ1v) is 6.72. The summed E-state index contributed by atoms with van der Waals surface area (Å²) in [4.78, 5) is 24.2. The molecule has 0 atom stereocenters. The van der Waals surface area contributed by atoms with E-state index >= 15 is 0 Å². The van der Waals surface area contributed by atoms with Crippen molar-refractivity contribution in [3.63, 3.8) is 0 Å². The van der Waals surface area contributed by atoms with Crippen molar-refractivity contribution >= 4 is 34.8 Å². The Hall–Kier alpha value is -1.58. The molecule has 5 heteroatoms. The number of carbonyl (C=O) groups is 2. The second kappa shape index (κ2) is 5.81. The molecule has 0 spiro atoms. The predicted molar refractivity (Wildman–Crippen MR) is 77.9 cm³/mol. The van der Waals surface area contributed by atoms with E-state index in [1.807, 2.05) is 0 Å². The molecule has 0 bridgehead atoms. The monoisotopic (exact) mass is 310 g/mol. The van der Waals surface area contributed by atoms with Crippen molar-refractivity contribution in [1.82, 2.24) is 0 Å². The van der Waals surface area contributed by atoms with E-state index in [0.717, 1.165) is 0 Å². The van der Waals surface area contributed by atoms with Crippen LogP contribution in [0, 0.1) is 13.8 Å². The maximum Gasteiger partial charge on any atom is 0.174 e. The van der Waals surface area contributed by atoms with Gasteiger partial charge in [0, 0.05) is 10.6 Å². The molecule has 0 saturated carbocycles. The average molecular weight is 311 g/mol. The number of benzene rings is 1. The third kappa shape index (κ3) is 3.11. The van der Waals surface area contributed by atoms with Gasteiger partial charge in [0.2, 0.25) is 0 Å². The Morgan fingerprint density at radius 2 is 1.70 bits per heavy atom. The van der Waals surface area contributed by atoms with Gasteiger partial charge in [-0.25, -0.2) is 0 Å². The lowest BCUT2D eigenvalue weighted by atomic mass is 10.0. The number of hydrogen-bond acceptors (Lipinski definition) is 3. The Morgan fingerprint density at radius 1 is 1.05 bits per heavy atom. The van der Waals surface area contributed by atoms with Crippen LogP contribution in [-0.2, 0) is 0 Å². The second-order valence-electron chi connectivity index (χ2n) is 4.47. The van der Waals surface area contributed by atoms with E-state index in [-0.39, 0.29) is 23.0 Å². The Labute approximate surface area is 126 Å². The zero-order valence-electron chi connectivity index (χ0n) is 11.0. The average Bonchev–Trinajstić information content (AvgIpc) is 2.68. The highest BCUT2D eigenvalue weighted by molar-refractivity contribution is 6.37. The van der Waals surface area contributed by atoms with Crippen LogP contribution < -0.4 is 0 Å². The van der Waals surface area contributed by atoms with Gasteiger partial charge in [-0.3, -0.25) is 9.59 Å². The first-order valence-electron chi connectivity index (χ1n) is 5.97. The molecule has 0 aliphatic carbocycles. The van der Waals surface area contributed by atoms with Crippen LogP contribution in [0.4, 0.5) is 0 Å². The normalized spacial score (nSPS) is 10.6. The van der Waals surface area contributed by atoms with Gasteiger partial charge in [-0.05, 0) is 38.1 Å². The minimum Gasteiger partial charge on any atom is -0.466 e. The lowest BCUT2D eigenvalue weighted by Crippen LogP contribution is -2.09. The molecule has 1 heterocycles. The third-order valence-corrected chi connectivity index (χ3v) is 3.44. The molecule has 0 N–H and O–H groups in total. The molecule has 2 rings (SSSR count). The quantitative estimate of drug-likeness (QED) is 0.609. The molecular formula is C15H12Cl2O3. The largest absolute Gasteiger partial charge is 0.466 e. The number of furan rings is 1. The fourth-order valence-corrected chi connectivity index (χ4v) is 2.47. The molecule has 104 valence electrons. The molecule has 0 aliphatic heterocycles. The van der Waals surface area contributed by atoms with Crippen LogP contribution in [0.15, 0.2) is 28.7 Å². The number of halogens is 2. The van der Waals surface area contributed by atoms with Crippen molar-refractivity contribution in [2.45, 2.75) is 20.3 Å². The fourth-order valence-electron chi connectivity index (χ4n) is 1.96. The third-order valence-electron chi connectivity index (χ3n) is 2.89. The summed E-state index contributed by atoms with van der Waals surface area (Å²) < 4.78 is 5.29. The van der Waals surface area contributed by atoms with Gasteiger partial charge in [0.05, 0.1) is 17.0 Å². The number of rotatable bonds is 4. The van der Waals surface area contributed by atoms with Crippen LogP contribution >= 0.6 is 23.2 Å². The summed E-state index contributed by atoms with van der Waals surface area (Å²) in [6.07, 6.45) is -0.249. The number of Topliss-reactive ketones (excluding diaryl/α,β-unsaturated/α-hetero) is 2. The van der Waals surface area contributed by atoms with Crippen LogP contribution in [-0.4, -0.2) is 11.6 Å². The van der Waals surface area contributed by atoms with Gasteiger partial charge in [-0.1, -0.05) is 23.2 Å². The molecule has 2 aromatic rings. The van der Waals surface area contributed by atoms with Gasteiger partial charge in [0.1, 0.15) is 11.5 Å². The van der Waals surface area contributed by atoms with Crippen LogP contribution in [0.3, 0.4) is 0 Å². The van der Waals surface area contributed by atoms with Crippen LogP contribution in [0.5, 0.6) is 0 Å². The van der Waals surface area contributed by atoms with E-state index in [9.17, 15) is 9.59 Å². The molecule has 1 aromatic carbocycles. The standard InChI is InChI=1S/C15H12Cl2O3/c1-8-5-12(9(2)20-8)15(19)7-14(18)11-4-3-10(16)6-13(11)17/h3-6H,7H2,1-2H3. The Kier molecular flexibility index (Phi) is 4.31. The first kappa shape index (κ1) is 14.8.